The Morgan fingerprint density at radius 1 is 0.746 bits per heavy atom. The summed E-state index contributed by atoms with van der Waals surface area (Å²) >= 11 is -1.89. The number of hydrogen-bond donors (Lipinski definition) is 0. The summed E-state index contributed by atoms with van der Waals surface area (Å²) in [5, 5.41) is 2.22. The fraction of sp³-hybridized carbons (Fsp3) is 0.370. The molecule has 5 heteroatoms. The molecule has 307 valence electrons. The van der Waals surface area contributed by atoms with Crippen LogP contribution >= 0.6 is 0 Å². The van der Waals surface area contributed by atoms with Gasteiger partial charge >= 0.3 is 144 Å². The fourth-order valence-electron chi connectivity index (χ4n) is 9.94. The van der Waals surface area contributed by atoms with Crippen molar-refractivity contribution in [1.82, 2.24) is 9.97 Å². The molecule has 0 bridgehead atoms. The van der Waals surface area contributed by atoms with Crippen molar-refractivity contribution in [1.29, 1.82) is 0 Å². The summed E-state index contributed by atoms with van der Waals surface area (Å²) in [6.45, 7) is 11.3. The third-order valence-corrected chi connectivity index (χ3v) is 17.8. The van der Waals surface area contributed by atoms with Gasteiger partial charge in [-0.3, -0.25) is 0 Å². The van der Waals surface area contributed by atoms with Gasteiger partial charge in [-0.2, -0.15) is 0 Å². The van der Waals surface area contributed by atoms with E-state index < -0.39 is 13.3 Å². The molecule has 3 aromatic heterocycles. The second-order valence-electron chi connectivity index (χ2n) is 18.9. The minimum Gasteiger partial charge on any atom is -0.477 e. The molecule has 0 unspecified atom stereocenters. The number of pyridine rings is 2. The molecular weight excluding hydrogens is 957 g/mol. The van der Waals surface area contributed by atoms with Crippen LogP contribution in [0.3, 0.4) is 0 Å². The monoisotopic (exact) mass is 1020 g/mol. The Balaban J connectivity index is 0.000000192. The van der Waals surface area contributed by atoms with Crippen molar-refractivity contribution in [3.8, 4) is 33.6 Å². The van der Waals surface area contributed by atoms with Gasteiger partial charge in [-0.05, 0) is 89.1 Å². The second kappa shape index (κ2) is 18.0. The van der Waals surface area contributed by atoms with Crippen molar-refractivity contribution in [3.05, 3.63) is 137 Å². The smallest absolute Gasteiger partial charge is 0.124 e. The molecule has 2 aliphatic rings. The van der Waals surface area contributed by atoms with Crippen LogP contribution in [0.2, 0.25) is 17.3 Å². The van der Waals surface area contributed by atoms with E-state index in [2.05, 4.69) is 149 Å². The summed E-state index contributed by atoms with van der Waals surface area (Å²) in [7, 11) is 0. The van der Waals surface area contributed by atoms with Gasteiger partial charge in [-0.15, -0.1) is 17.7 Å². The van der Waals surface area contributed by atoms with E-state index >= 15 is 0 Å². The first-order valence-corrected chi connectivity index (χ1v) is 29.1. The van der Waals surface area contributed by atoms with Gasteiger partial charge in [0.05, 0.1) is 5.58 Å². The Kier molecular flexibility index (Phi) is 13.2. The summed E-state index contributed by atoms with van der Waals surface area (Å²) in [5.74, 6) is 9.07. The largest absolute Gasteiger partial charge is 0.477 e. The van der Waals surface area contributed by atoms with Crippen molar-refractivity contribution < 1.29 is 24.5 Å². The van der Waals surface area contributed by atoms with E-state index in [0.29, 0.717) is 0 Å². The van der Waals surface area contributed by atoms with Crippen molar-refractivity contribution >= 4 is 39.6 Å². The Morgan fingerprint density at radius 2 is 1.44 bits per heavy atom. The number of aromatic nitrogens is 2. The van der Waals surface area contributed by atoms with E-state index in [9.17, 15) is 0 Å². The number of fused-ring (bicyclic) bond motifs is 3. The molecule has 0 amide bonds. The number of aryl methyl sites for hydroxylation is 3. The van der Waals surface area contributed by atoms with Gasteiger partial charge in [0.15, 0.2) is 0 Å². The molecule has 1 radical (unpaired) electrons. The Morgan fingerprint density at radius 3 is 2.15 bits per heavy atom. The van der Waals surface area contributed by atoms with Crippen LogP contribution in [-0.4, -0.2) is 23.2 Å². The maximum Gasteiger partial charge on any atom is 0.124 e. The van der Waals surface area contributed by atoms with Gasteiger partial charge in [0.25, 0.3) is 0 Å². The number of furan rings is 1. The van der Waals surface area contributed by atoms with E-state index in [0.717, 1.165) is 56.3 Å². The average Bonchev–Trinajstić information content (AvgIpc) is 4.00. The average molecular weight is 1020 g/mol. The zero-order valence-corrected chi connectivity index (χ0v) is 40.9. The zero-order chi connectivity index (χ0) is 40.6. The Hall–Kier alpha value is -3.83. The van der Waals surface area contributed by atoms with Crippen molar-refractivity contribution in [2.75, 3.05) is 0 Å². The molecular formula is C54H60GeIrN2O-2. The Bertz CT molecular complexity index is 2550. The fourth-order valence-corrected chi connectivity index (χ4v) is 13.3. The molecule has 2 fully saturated rings. The third-order valence-electron chi connectivity index (χ3n) is 13.4. The summed E-state index contributed by atoms with van der Waals surface area (Å²) in [4.78, 5) is 9.54. The molecule has 3 heterocycles. The molecule has 4 aromatic carbocycles. The van der Waals surface area contributed by atoms with Crippen LogP contribution in [0.25, 0.3) is 55.6 Å². The number of rotatable bonds is 8. The van der Waals surface area contributed by atoms with Gasteiger partial charge in [0, 0.05) is 26.3 Å². The maximum absolute atomic E-state index is 6.35. The second-order valence-corrected chi connectivity index (χ2v) is 29.5. The zero-order valence-electron chi connectivity index (χ0n) is 36.4. The quantitative estimate of drug-likeness (QED) is 0.112. The van der Waals surface area contributed by atoms with Gasteiger partial charge in [0.2, 0.25) is 0 Å². The van der Waals surface area contributed by atoms with E-state index in [4.69, 9.17) is 14.4 Å². The van der Waals surface area contributed by atoms with Gasteiger partial charge in [-0.1, -0.05) is 74.5 Å². The van der Waals surface area contributed by atoms with E-state index in [1.54, 1.807) is 9.96 Å². The summed E-state index contributed by atoms with van der Waals surface area (Å²) in [6.07, 6.45) is 16.4. The normalized spacial score (nSPS) is 15.1. The van der Waals surface area contributed by atoms with Crippen LogP contribution in [0.1, 0.15) is 93.0 Å². The van der Waals surface area contributed by atoms with Crippen LogP contribution in [0, 0.1) is 44.7 Å². The number of benzene rings is 4. The van der Waals surface area contributed by atoms with Crippen LogP contribution in [0.15, 0.2) is 102 Å². The van der Waals surface area contributed by atoms with Crippen molar-refractivity contribution in [2.24, 2.45) is 11.8 Å². The van der Waals surface area contributed by atoms with Gasteiger partial charge in [0.1, 0.15) is 5.58 Å². The SMILES string of the molecule is Cc1ccc[c-]c1-c1cc(CC2CCCC2)[c]([Ge]([CH3])([CH3])[CH3])cn1.Cc1cccc(C)c1-c1ccc2c(c1)oc1[c-]c(-c3cc(C(C)(C)C4CCCC4)ccn3)ccc12.[Ir]. The molecule has 0 N–H and O–H groups in total. The van der Waals surface area contributed by atoms with Crippen molar-refractivity contribution in [3.63, 3.8) is 0 Å². The predicted molar refractivity (Wildman–Crippen MR) is 248 cm³/mol. The third kappa shape index (κ3) is 9.26. The molecule has 9 rings (SSSR count). The van der Waals surface area contributed by atoms with Crippen LogP contribution in [0.4, 0.5) is 0 Å². The summed E-state index contributed by atoms with van der Waals surface area (Å²) in [5.41, 5.74) is 15.3. The molecule has 0 aliphatic heterocycles. The van der Waals surface area contributed by atoms with Gasteiger partial charge < -0.3 is 9.40 Å². The molecule has 0 atom stereocenters. The minimum absolute atomic E-state index is 0. The first-order chi connectivity index (χ1) is 27.9. The van der Waals surface area contributed by atoms with Crippen LogP contribution in [-0.2, 0) is 31.9 Å². The minimum atomic E-state index is -1.89. The molecule has 0 saturated heterocycles. The standard InChI is InChI=1S/C33H32NO.C21H28GeN.Ir/c1-21-8-7-9-22(2)32(21)24-13-15-28-27-14-12-23(18-30(27)35-31(28)19-24)29-20-26(16-17-34-29)33(3,4)25-10-5-6-11-25;1-16-9-5-8-12-19(16)21-14-18(13-17-10-6-7-11-17)20(15-23-21)22(2,3)4;/h7-9,12-17,19-20,25H,5-6,10-11H2,1-4H3;5,8-9,14-15,17H,6-7,10-11,13H2,1-4H3;/q2*-1;. The van der Waals surface area contributed by atoms with E-state index in [1.807, 2.05) is 12.3 Å². The predicted octanol–water partition coefficient (Wildman–Crippen LogP) is 14.3. The maximum atomic E-state index is 6.35. The van der Waals surface area contributed by atoms with E-state index in [1.165, 1.54) is 91.2 Å². The van der Waals surface area contributed by atoms with Gasteiger partial charge in [-0.25, -0.2) is 0 Å². The van der Waals surface area contributed by atoms with Crippen LogP contribution < -0.4 is 4.40 Å². The molecule has 59 heavy (non-hydrogen) atoms. The van der Waals surface area contributed by atoms with Crippen LogP contribution in [0.5, 0.6) is 0 Å². The number of nitrogens with zero attached hydrogens (tertiary/aromatic N) is 2. The summed E-state index contributed by atoms with van der Waals surface area (Å²) in [6, 6.07) is 37.2. The Labute approximate surface area is 369 Å². The first-order valence-electron chi connectivity index (χ1n) is 21.8. The van der Waals surface area contributed by atoms with Crippen molar-refractivity contribution in [2.45, 2.75) is 115 Å². The topological polar surface area (TPSA) is 38.9 Å². The van der Waals surface area contributed by atoms with E-state index in [-0.39, 0.29) is 25.5 Å². The number of hydrogen-bond acceptors (Lipinski definition) is 3. The molecule has 2 saturated carbocycles. The summed E-state index contributed by atoms with van der Waals surface area (Å²) < 4.78 is 7.94. The first kappa shape index (κ1) is 43.3. The molecule has 7 aromatic rings. The molecule has 2 aliphatic carbocycles. The molecule has 3 nitrogen and oxygen atoms in total. The molecule has 0 spiro atoms.